The topological polar surface area (TPSA) is 54.9 Å². The second kappa shape index (κ2) is 5.73. The summed E-state index contributed by atoms with van der Waals surface area (Å²) in [5.41, 5.74) is 1.50. The van der Waals surface area contributed by atoms with E-state index in [0.717, 1.165) is 10.0 Å². The van der Waals surface area contributed by atoms with E-state index in [1.54, 1.807) is 0 Å². The Hall–Kier alpha value is -1.75. The molecule has 1 amide bonds. The lowest BCUT2D eigenvalue weighted by molar-refractivity contribution is 0.0939. The smallest absolute Gasteiger partial charge is 0.254 e. The summed E-state index contributed by atoms with van der Waals surface area (Å²) in [6, 6.07) is 7.77. The third kappa shape index (κ3) is 3.13. The van der Waals surface area contributed by atoms with Crippen LogP contribution < -0.4 is 5.32 Å². The number of halogens is 1. The number of nitrogens with zero attached hydrogens (tertiary/aromatic N) is 2. The maximum atomic E-state index is 11.9. The largest absolute Gasteiger partial charge is 0.345 e. The number of nitrogens with one attached hydrogen (secondary N) is 1. The van der Waals surface area contributed by atoms with E-state index in [2.05, 4.69) is 31.2 Å². The number of carbonyl (C=O) groups excluding carboxylic acids is 1. The Morgan fingerprint density at radius 3 is 2.44 bits per heavy atom. The van der Waals surface area contributed by atoms with Crippen molar-refractivity contribution in [2.24, 2.45) is 0 Å². The third-order valence-electron chi connectivity index (χ3n) is 2.54. The first-order chi connectivity index (χ1) is 8.66. The molecule has 1 aromatic heterocycles. The highest BCUT2D eigenvalue weighted by molar-refractivity contribution is 9.10. The summed E-state index contributed by atoms with van der Waals surface area (Å²) in [6.07, 6.45) is 4.39. The molecule has 0 aliphatic carbocycles. The quantitative estimate of drug-likeness (QED) is 0.948. The van der Waals surface area contributed by atoms with Crippen molar-refractivity contribution in [3.8, 4) is 0 Å². The maximum absolute atomic E-state index is 11.9. The highest BCUT2D eigenvalue weighted by atomic mass is 79.9. The zero-order valence-electron chi connectivity index (χ0n) is 9.80. The van der Waals surface area contributed by atoms with E-state index in [4.69, 9.17) is 0 Å². The molecule has 1 N–H and O–H groups in total. The van der Waals surface area contributed by atoms with E-state index in [1.807, 2.05) is 31.2 Å². The number of benzene rings is 1. The van der Waals surface area contributed by atoms with Gasteiger partial charge in [0.1, 0.15) is 6.33 Å². The number of amides is 1. The van der Waals surface area contributed by atoms with Gasteiger partial charge in [0.2, 0.25) is 0 Å². The van der Waals surface area contributed by atoms with Crippen molar-refractivity contribution in [2.45, 2.75) is 13.0 Å². The molecule has 5 heteroatoms. The summed E-state index contributed by atoms with van der Waals surface area (Å²) in [4.78, 5) is 19.5. The summed E-state index contributed by atoms with van der Waals surface area (Å²) in [5.74, 6) is -0.175. The molecule has 0 saturated carbocycles. The van der Waals surface area contributed by atoms with Gasteiger partial charge in [-0.05, 0) is 24.6 Å². The molecule has 0 radical (unpaired) electrons. The Bertz CT molecular complexity index is 528. The minimum atomic E-state index is -0.175. The predicted octanol–water partition coefficient (Wildman–Crippen LogP) is 2.73. The predicted molar refractivity (Wildman–Crippen MR) is 72.1 cm³/mol. The number of carbonyl (C=O) groups is 1. The monoisotopic (exact) mass is 305 g/mol. The molecule has 0 fully saturated rings. The van der Waals surface area contributed by atoms with Crippen molar-refractivity contribution >= 4 is 21.8 Å². The standard InChI is InChI=1S/C13H12BrN3O/c1-9(10-2-4-12(14)5-3-10)17-13(18)11-6-15-8-16-7-11/h2-9H,1H3,(H,17,18). The van der Waals surface area contributed by atoms with Gasteiger partial charge in [-0.15, -0.1) is 0 Å². The van der Waals surface area contributed by atoms with E-state index in [0.29, 0.717) is 5.56 Å². The first-order valence-electron chi connectivity index (χ1n) is 5.48. The van der Waals surface area contributed by atoms with Crippen molar-refractivity contribution in [1.82, 2.24) is 15.3 Å². The molecular formula is C13H12BrN3O. The molecule has 1 atom stereocenters. The number of hydrogen-bond acceptors (Lipinski definition) is 3. The van der Waals surface area contributed by atoms with Crippen molar-refractivity contribution in [2.75, 3.05) is 0 Å². The molecule has 2 rings (SSSR count). The zero-order valence-corrected chi connectivity index (χ0v) is 11.4. The van der Waals surface area contributed by atoms with E-state index in [9.17, 15) is 4.79 Å². The van der Waals surface area contributed by atoms with Gasteiger partial charge in [-0.25, -0.2) is 9.97 Å². The van der Waals surface area contributed by atoms with Gasteiger partial charge in [0.15, 0.2) is 0 Å². The molecule has 0 aliphatic heterocycles. The highest BCUT2D eigenvalue weighted by Gasteiger charge is 2.11. The maximum Gasteiger partial charge on any atom is 0.254 e. The molecule has 1 aromatic carbocycles. The van der Waals surface area contributed by atoms with Crippen LogP contribution in [0.2, 0.25) is 0 Å². The van der Waals surface area contributed by atoms with Gasteiger partial charge in [-0.2, -0.15) is 0 Å². The summed E-state index contributed by atoms with van der Waals surface area (Å²) in [5, 5.41) is 2.90. The molecule has 0 saturated heterocycles. The molecule has 92 valence electrons. The van der Waals surface area contributed by atoms with Gasteiger partial charge in [-0.1, -0.05) is 28.1 Å². The Morgan fingerprint density at radius 2 is 1.83 bits per heavy atom. The second-order valence-electron chi connectivity index (χ2n) is 3.87. The highest BCUT2D eigenvalue weighted by Crippen LogP contribution is 2.16. The lowest BCUT2D eigenvalue weighted by Gasteiger charge is -2.14. The molecule has 0 spiro atoms. The summed E-state index contributed by atoms with van der Waals surface area (Å²) < 4.78 is 1.02. The van der Waals surface area contributed by atoms with E-state index in [1.165, 1.54) is 18.7 Å². The fourth-order valence-electron chi connectivity index (χ4n) is 1.53. The van der Waals surface area contributed by atoms with Crippen LogP contribution in [0.5, 0.6) is 0 Å². The second-order valence-corrected chi connectivity index (χ2v) is 4.79. The Balaban J connectivity index is 2.06. The summed E-state index contributed by atoms with van der Waals surface area (Å²) in [6.45, 7) is 1.94. The van der Waals surface area contributed by atoms with Crippen molar-refractivity contribution in [3.63, 3.8) is 0 Å². The van der Waals surface area contributed by atoms with Gasteiger partial charge < -0.3 is 5.32 Å². The molecule has 1 unspecified atom stereocenters. The lowest BCUT2D eigenvalue weighted by Crippen LogP contribution is -2.26. The fraction of sp³-hybridized carbons (Fsp3) is 0.154. The number of aromatic nitrogens is 2. The van der Waals surface area contributed by atoms with Gasteiger partial charge in [0.05, 0.1) is 11.6 Å². The number of rotatable bonds is 3. The van der Waals surface area contributed by atoms with Gasteiger partial charge in [0, 0.05) is 16.9 Å². The Labute approximate surface area is 114 Å². The van der Waals surface area contributed by atoms with Crippen LogP contribution in [-0.2, 0) is 0 Å². The van der Waals surface area contributed by atoms with Crippen LogP contribution in [-0.4, -0.2) is 15.9 Å². The number of hydrogen-bond donors (Lipinski definition) is 1. The molecule has 0 aliphatic rings. The van der Waals surface area contributed by atoms with Gasteiger partial charge >= 0.3 is 0 Å². The molecule has 4 nitrogen and oxygen atoms in total. The van der Waals surface area contributed by atoms with Gasteiger partial charge in [-0.3, -0.25) is 4.79 Å². The first-order valence-corrected chi connectivity index (χ1v) is 6.27. The minimum Gasteiger partial charge on any atom is -0.345 e. The first kappa shape index (κ1) is 12.7. The summed E-state index contributed by atoms with van der Waals surface area (Å²) >= 11 is 3.38. The van der Waals surface area contributed by atoms with Crippen LogP contribution in [0.4, 0.5) is 0 Å². The summed E-state index contributed by atoms with van der Waals surface area (Å²) in [7, 11) is 0. The molecule has 2 aromatic rings. The SMILES string of the molecule is CC(NC(=O)c1cncnc1)c1ccc(Br)cc1. The van der Waals surface area contributed by atoms with Crippen molar-refractivity contribution < 1.29 is 4.79 Å². The molecule has 18 heavy (non-hydrogen) atoms. The van der Waals surface area contributed by atoms with Crippen LogP contribution in [0.25, 0.3) is 0 Å². The van der Waals surface area contributed by atoms with E-state index < -0.39 is 0 Å². The average molecular weight is 306 g/mol. The Kier molecular flexibility index (Phi) is 4.04. The van der Waals surface area contributed by atoms with Crippen LogP contribution >= 0.6 is 15.9 Å². The van der Waals surface area contributed by atoms with E-state index >= 15 is 0 Å². The lowest BCUT2D eigenvalue weighted by atomic mass is 10.1. The molecular weight excluding hydrogens is 294 g/mol. The van der Waals surface area contributed by atoms with Crippen LogP contribution in [0, 0.1) is 0 Å². The van der Waals surface area contributed by atoms with Crippen LogP contribution in [0.3, 0.4) is 0 Å². The van der Waals surface area contributed by atoms with Gasteiger partial charge in [0.25, 0.3) is 5.91 Å². The zero-order chi connectivity index (χ0) is 13.0. The Morgan fingerprint density at radius 1 is 1.22 bits per heavy atom. The average Bonchev–Trinajstić information content (AvgIpc) is 2.40. The molecule has 0 bridgehead atoms. The third-order valence-corrected chi connectivity index (χ3v) is 3.07. The normalized spacial score (nSPS) is 11.9. The van der Waals surface area contributed by atoms with Crippen LogP contribution in [0.1, 0.15) is 28.9 Å². The van der Waals surface area contributed by atoms with Crippen LogP contribution in [0.15, 0.2) is 47.5 Å². The van der Waals surface area contributed by atoms with Crippen molar-refractivity contribution in [3.05, 3.63) is 58.6 Å². The van der Waals surface area contributed by atoms with E-state index in [-0.39, 0.29) is 11.9 Å². The minimum absolute atomic E-state index is 0.0641. The fourth-order valence-corrected chi connectivity index (χ4v) is 1.80. The van der Waals surface area contributed by atoms with Crippen molar-refractivity contribution in [1.29, 1.82) is 0 Å². The molecule has 1 heterocycles.